The van der Waals surface area contributed by atoms with Gasteiger partial charge in [0.15, 0.2) is 11.5 Å². The van der Waals surface area contributed by atoms with Gasteiger partial charge in [0.05, 0.1) is 11.6 Å². The predicted molar refractivity (Wildman–Crippen MR) is 51.3 cm³/mol. The molecule has 70 valence electrons. The van der Waals surface area contributed by atoms with Crippen LogP contribution in [0.2, 0.25) is 5.02 Å². The molecule has 0 atom stereocenters. The minimum atomic E-state index is 0.119. The van der Waals surface area contributed by atoms with E-state index in [0.29, 0.717) is 23.3 Å². The average Bonchev–Trinajstić information content (AvgIpc) is 2.87. The molecule has 0 radical (unpaired) electrons. The largest absolute Gasteiger partial charge is 0.504 e. The molecule has 1 saturated carbocycles. The Bertz CT molecular complexity index is 288. The molecule has 1 aromatic carbocycles. The van der Waals surface area contributed by atoms with E-state index >= 15 is 0 Å². The highest BCUT2D eigenvalue weighted by atomic mass is 35.5. The summed E-state index contributed by atoms with van der Waals surface area (Å²) in [5.41, 5.74) is 0. The summed E-state index contributed by atoms with van der Waals surface area (Å²) in [5, 5.41) is 9.89. The van der Waals surface area contributed by atoms with Crippen molar-refractivity contribution < 1.29 is 9.84 Å². The molecular formula is C10H11ClO2. The van der Waals surface area contributed by atoms with Crippen molar-refractivity contribution in [3.63, 3.8) is 0 Å². The Kier molecular flexibility index (Phi) is 2.32. The Morgan fingerprint density at radius 3 is 2.85 bits per heavy atom. The predicted octanol–water partition coefficient (Wildman–Crippen LogP) is 2.83. The van der Waals surface area contributed by atoms with Crippen molar-refractivity contribution in [2.24, 2.45) is 5.92 Å². The van der Waals surface area contributed by atoms with Gasteiger partial charge in [0, 0.05) is 0 Å². The molecule has 0 bridgehead atoms. The van der Waals surface area contributed by atoms with Gasteiger partial charge in [-0.3, -0.25) is 0 Å². The molecule has 0 heterocycles. The van der Waals surface area contributed by atoms with Crippen molar-refractivity contribution in [3.05, 3.63) is 23.2 Å². The van der Waals surface area contributed by atoms with Gasteiger partial charge in [0.2, 0.25) is 0 Å². The zero-order chi connectivity index (χ0) is 9.26. The number of para-hydroxylation sites is 1. The van der Waals surface area contributed by atoms with Crippen molar-refractivity contribution in [2.75, 3.05) is 6.61 Å². The number of hydrogen-bond acceptors (Lipinski definition) is 2. The second kappa shape index (κ2) is 3.46. The second-order valence-electron chi connectivity index (χ2n) is 3.34. The SMILES string of the molecule is Oc1cccc(Cl)c1OCC1CC1. The minimum absolute atomic E-state index is 0.119. The number of hydrogen-bond donors (Lipinski definition) is 1. The van der Waals surface area contributed by atoms with E-state index in [2.05, 4.69) is 0 Å². The maximum atomic E-state index is 9.42. The van der Waals surface area contributed by atoms with Crippen LogP contribution in [0, 0.1) is 5.92 Å². The Labute approximate surface area is 82.1 Å². The number of aromatic hydroxyl groups is 1. The lowest BCUT2D eigenvalue weighted by atomic mass is 10.3. The van der Waals surface area contributed by atoms with Crippen LogP contribution in [0.4, 0.5) is 0 Å². The Balaban J connectivity index is 2.07. The van der Waals surface area contributed by atoms with Crippen molar-refractivity contribution in [3.8, 4) is 11.5 Å². The van der Waals surface area contributed by atoms with E-state index in [0.717, 1.165) is 0 Å². The highest BCUT2D eigenvalue weighted by Gasteiger charge is 2.22. The summed E-state index contributed by atoms with van der Waals surface area (Å²) in [6.07, 6.45) is 2.45. The maximum Gasteiger partial charge on any atom is 0.179 e. The normalized spacial score (nSPS) is 15.8. The summed E-state index contributed by atoms with van der Waals surface area (Å²) < 4.78 is 5.41. The lowest BCUT2D eigenvalue weighted by molar-refractivity contribution is 0.284. The van der Waals surface area contributed by atoms with E-state index in [9.17, 15) is 5.11 Å². The third-order valence-corrected chi connectivity index (χ3v) is 2.40. The number of rotatable bonds is 3. The van der Waals surface area contributed by atoms with E-state index in [1.807, 2.05) is 0 Å². The van der Waals surface area contributed by atoms with Crippen molar-refractivity contribution in [1.29, 1.82) is 0 Å². The van der Waals surface area contributed by atoms with Crippen LogP contribution in [-0.2, 0) is 0 Å². The van der Waals surface area contributed by atoms with E-state index in [4.69, 9.17) is 16.3 Å². The van der Waals surface area contributed by atoms with E-state index in [1.54, 1.807) is 18.2 Å². The van der Waals surface area contributed by atoms with Crippen LogP contribution in [0.1, 0.15) is 12.8 Å². The molecule has 2 rings (SSSR count). The van der Waals surface area contributed by atoms with Gasteiger partial charge in [-0.25, -0.2) is 0 Å². The van der Waals surface area contributed by atoms with Gasteiger partial charge in [-0.1, -0.05) is 17.7 Å². The first kappa shape index (κ1) is 8.70. The lowest BCUT2D eigenvalue weighted by Gasteiger charge is -2.08. The van der Waals surface area contributed by atoms with Crippen molar-refractivity contribution in [1.82, 2.24) is 0 Å². The molecule has 0 aliphatic heterocycles. The number of halogens is 1. The third kappa shape index (κ3) is 2.07. The van der Waals surface area contributed by atoms with Gasteiger partial charge in [-0.2, -0.15) is 0 Å². The number of ether oxygens (including phenoxy) is 1. The highest BCUT2D eigenvalue weighted by Crippen LogP contribution is 2.36. The van der Waals surface area contributed by atoms with Crippen LogP contribution in [0.5, 0.6) is 11.5 Å². The average molecular weight is 199 g/mol. The van der Waals surface area contributed by atoms with Crippen LogP contribution >= 0.6 is 11.6 Å². The molecular weight excluding hydrogens is 188 g/mol. The number of phenols is 1. The van der Waals surface area contributed by atoms with Gasteiger partial charge in [-0.05, 0) is 30.9 Å². The fourth-order valence-corrected chi connectivity index (χ4v) is 1.35. The first-order chi connectivity index (χ1) is 6.27. The fraction of sp³-hybridized carbons (Fsp3) is 0.400. The van der Waals surface area contributed by atoms with Crippen molar-refractivity contribution >= 4 is 11.6 Å². The molecule has 0 unspecified atom stereocenters. The highest BCUT2D eigenvalue weighted by molar-refractivity contribution is 6.32. The van der Waals surface area contributed by atoms with Gasteiger partial charge >= 0.3 is 0 Å². The van der Waals surface area contributed by atoms with E-state index in [-0.39, 0.29) is 5.75 Å². The van der Waals surface area contributed by atoms with Crippen LogP contribution < -0.4 is 4.74 Å². The molecule has 1 aliphatic rings. The molecule has 3 heteroatoms. The minimum Gasteiger partial charge on any atom is -0.504 e. The van der Waals surface area contributed by atoms with Gasteiger partial charge in [-0.15, -0.1) is 0 Å². The first-order valence-electron chi connectivity index (χ1n) is 4.37. The fourth-order valence-electron chi connectivity index (χ4n) is 1.13. The second-order valence-corrected chi connectivity index (χ2v) is 3.75. The molecule has 0 amide bonds. The summed E-state index contributed by atoms with van der Waals surface area (Å²) in [7, 11) is 0. The van der Waals surface area contributed by atoms with Crippen LogP contribution in [-0.4, -0.2) is 11.7 Å². The van der Waals surface area contributed by atoms with Crippen molar-refractivity contribution in [2.45, 2.75) is 12.8 Å². The molecule has 1 fully saturated rings. The van der Waals surface area contributed by atoms with E-state index < -0.39 is 0 Å². The molecule has 13 heavy (non-hydrogen) atoms. The summed E-state index contributed by atoms with van der Waals surface area (Å²) in [5.74, 6) is 1.19. The van der Waals surface area contributed by atoms with Gasteiger partial charge in [0.25, 0.3) is 0 Å². The zero-order valence-electron chi connectivity index (χ0n) is 7.16. The summed E-state index contributed by atoms with van der Waals surface area (Å²) in [4.78, 5) is 0. The molecule has 0 saturated heterocycles. The monoisotopic (exact) mass is 198 g/mol. The van der Waals surface area contributed by atoms with Crippen LogP contribution in [0.15, 0.2) is 18.2 Å². The Morgan fingerprint density at radius 1 is 1.46 bits per heavy atom. The summed E-state index contributed by atoms with van der Waals surface area (Å²) in [6, 6.07) is 4.99. The Morgan fingerprint density at radius 2 is 2.23 bits per heavy atom. The quantitative estimate of drug-likeness (QED) is 0.810. The maximum absolute atomic E-state index is 9.42. The van der Waals surface area contributed by atoms with Crippen LogP contribution in [0.25, 0.3) is 0 Å². The van der Waals surface area contributed by atoms with E-state index in [1.165, 1.54) is 12.8 Å². The zero-order valence-corrected chi connectivity index (χ0v) is 7.92. The molecule has 2 nitrogen and oxygen atoms in total. The molecule has 0 spiro atoms. The first-order valence-corrected chi connectivity index (χ1v) is 4.75. The smallest absolute Gasteiger partial charge is 0.179 e. The molecule has 1 N–H and O–H groups in total. The third-order valence-electron chi connectivity index (χ3n) is 2.11. The number of benzene rings is 1. The van der Waals surface area contributed by atoms with Gasteiger partial charge < -0.3 is 9.84 Å². The standard InChI is InChI=1S/C10H11ClO2/c11-8-2-1-3-9(12)10(8)13-6-7-4-5-7/h1-3,7,12H,4-6H2. The van der Waals surface area contributed by atoms with Gasteiger partial charge in [0.1, 0.15) is 0 Å². The summed E-state index contributed by atoms with van der Waals surface area (Å²) >= 11 is 5.85. The molecule has 1 aromatic rings. The molecule has 1 aliphatic carbocycles. The molecule has 0 aromatic heterocycles. The summed E-state index contributed by atoms with van der Waals surface area (Å²) in [6.45, 7) is 0.664. The lowest BCUT2D eigenvalue weighted by Crippen LogP contribution is -1.99. The number of phenolic OH excluding ortho intramolecular Hbond substituents is 1. The van der Waals surface area contributed by atoms with Crippen LogP contribution in [0.3, 0.4) is 0 Å². The Hall–Kier alpha value is -0.890. The topological polar surface area (TPSA) is 29.5 Å².